The van der Waals surface area contributed by atoms with Gasteiger partial charge in [0.05, 0.1) is 18.3 Å². The van der Waals surface area contributed by atoms with Crippen molar-refractivity contribution in [2.24, 2.45) is 0 Å². The van der Waals surface area contributed by atoms with Crippen molar-refractivity contribution in [3.8, 4) is 0 Å². The number of aliphatic hydroxyl groups excluding tert-OH is 1. The van der Waals surface area contributed by atoms with Crippen LogP contribution in [0.4, 0.5) is 0 Å². The van der Waals surface area contributed by atoms with Gasteiger partial charge in [-0.25, -0.2) is 4.79 Å². The lowest BCUT2D eigenvalue weighted by atomic mass is 10.0. The maximum absolute atomic E-state index is 11.8. The van der Waals surface area contributed by atoms with Gasteiger partial charge in [-0.2, -0.15) is 0 Å². The molecule has 0 aromatic heterocycles. The summed E-state index contributed by atoms with van der Waals surface area (Å²) in [6.45, 7) is 12.9. The van der Waals surface area contributed by atoms with E-state index in [1.807, 2.05) is 6.92 Å². The Morgan fingerprint density at radius 3 is 2.43 bits per heavy atom. The Kier molecular flexibility index (Phi) is 7.49. The molecule has 0 aromatic carbocycles. The van der Waals surface area contributed by atoms with Crippen LogP contribution in [0.3, 0.4) is 0 Å². The summed E-state index contributed by atoms with van der Waals surface area (Å²) in [5.41, 5.74) is 0. The van der Waals surface area contributed by atoms with E-state index >= 15 is 0 Å². The van der Waals surface area contributed by atoms with Crippen LogP contribution in [-0.2, 0) is 14.0 Å². The van der Waals surface area contributed by atoms with Gasteiger partial charge in [0.15, 0.2) is 8.32 Å². The van der Waals surface area contributed by atoms with Crippen LogP contribution in [0.5, 0.6) is 0 Å². The van der Waals surface area contributed by atoms with Gasteiger partial charge < -0.3 is 14.3 Å². The fourth-order valence-electron chi connectivity index (χ4n) is 2.41. The molecular weight excluding hydrogens is 308 g/mol. The van der Waals surface area contributed by atoms with Crippen molar-refractivity contribution < 1.29 is 19.1 Å². The Hall–Kier alpha value is -0.653. The number of ether oxygens (including phenoxy) is 1. The van der Waals surface area contributed by atoms with E-state index in [0.29, 0.717) is 0 Å². The largest absolute Gasteiger partial charge is 0.460 e. The molecular formula is C18H34O4Si. The van der Waals surface area contributed by atoms with Gasteiger partial charge in [0, 0.05) is 6.08 Å². The molecule has 0 aromatic rings. The molecule has 1 aliphatic rings. The third kappa shape index (κ3) is 6.77. The van der Waals surface area contributed by atoms with E-state index in [2.05, 4.69) is 33.9 Å². The molecule has 1 heterocycles. The Morgan fingerprint density at radius 2 is 1.83 bits per heavy atom. The zero-order chi connectivity index (χ0) is 17.7. The monoisotopic (exact) mass is 342 g/mol. The van der Waals surface area contributed by atoms with Crippen LogP contribution in [0.25, 0.3) is 0 Å². The first-order chi connectivity index (χ1) is 10.5. The molecule has 0 unspecified atom stereocenters. The van der Waals surface area contributed by atoms with Crippen LogP contribution >= 0.6 is 0 Å². The molecule has 0 fully saturated rings. The number of hydrogen-bond acceptors (Lipinski definition) is 4. The van der Waals surface area contributed by atoms with E-state index in [1.54, 1.807) is 0 Å². The Balaban J connectivity index is 2.85. The van der Waals surface area contributed by atoms with Crippen molar-refractivity contribution in [3.05, 3.63) is 12.2 Å². The maximum atomic E-state index is 11.8. The molecule has 3 atom stereocenters. The normalized spacial score (nSPS) is 30.0. The minimum absolute atomic E-state index is 0.0667. The molecule has 0 amide bonds. The average molecular weight is 343 g/mol. The molecule has 1 aliphatic heterocycles. The highest BCUT2D eigenvalue weighted by Gasteiger charge is 2.40. The Morgan fingerprint density at radius 1 is 1.22 bits per heavy atom. The van der Waals surface area contributed by atoms with Crippen LogP contribution in [0.15, 0.2) is 12.2 Å². The van der Waals surface area contributed by atoms with Gasteiger partial charge in [-0.1, -0.05) is 33.6 Å². The van der Waals surface area contributed by atoms with E-state index < -0.39 is 14.4 Å². The topological polar surface area (TPSA) is 55.8 Å². The van der Waals surface area contributed by atoms with Crippen LogP contribution in [0.1, 0.15) is 59.8 Å². The van der Waals surface area contributed by atoms with Crippen LogP contribution in [0.2, 0.25) is 18.1 Å². The zero-order valence-corrected chi connectivity index (χ0v) is 16.6. The molecule has 1 N–H and O–H groups in total. The minimum Gasteiger partial charge on any atom is -0.460 e. The van der Waals surface area contributed by atoms with E-state index in [4.69, 9.17) is 9.16 Å². The number of cyclic esters (lactones) is 1. The highest BCUT2D eigenvalue weighted by atomic mass is 28.4. The summed E-state index contributed by atoms with van der Waals surface area (Å²) in [6, 6.07) is 0. The molecule has 0 saturated heterocycles. The van der Waals surface area contributed by atoms with Gasteiger partial charge in [-0.05, 0) is 50.4 Å². The minimum atomic E-state index is -1.96. The molecule has 0 saturated carbocycles. The first kappa shape index (κ1) is 20.4. The highest BCUT2D eigenvalue weighted by Crippen LogP contribution is 2.38. The van der Waals surface area contributed by atoms with Gasteiger partial charge >= 0.3 is 5.97 Å². The summed E-state index contributed by atoms with van der Waals surface area (Å²) >= 11 is 0. The summed E-state index contributed by atoms with van der Waals surface area (Å²) in [7, 11) is -1.96. The van der Waals surface area contributed by atoms with Crippen molar-refractivity contribution in [2.45, 2.75) is 96.2 Å². The molecule has 0 radical (unpaired) electrons. The predicted octanol–water partition coefficient (Wildman–Crippen LogP) is 4.19. The van der Waals surface area contributed by atoms with Crippen molar-refractivity contribution in [1.82, 2.24) is 0 Å². The van der Waals surface area contributed by atoms with Crippen molar-refractivity contribution in [3.63, 3.8) is 0 Å². The second kappa shape index (κ2) is 8.45. The predicted molar refractivity (Wildman–Crippen MR) is 95.9 cm³/mol. The fourth-order valence-corrected chi connectivity index (χ4v) is 3.77. The van der Waals surface area contributed by atoms with Crippen molar-refractivity contribution >= 4 is 14.3 Å². The average Bonchev–Trinajstić information content (AvgIpc) is 2.40. The third-order valence-electron chi connectivity index (χ3n) is 4.98. The summed E-state index contributed by atoms with van der Waals surface area (Å²) in [6.07, 6.45) is 6.59. The second-order valence-electron chi connectivity index (χ2n) is 8.15. The van der Waals surface area contributed by atoms with Crippen LogP contribution < -0.4 is 0 Å². The lowest BCUT2D eigenvalue weighted by Crippen LogP contribution is -2.46. The first-order valence-electron chi connectivity index (χ1n) is 8.77. The maximum Gasteiger partial charge on any atom is 0.330 e. The molecule has 4 nitrogen and oxygen atoms in total. The molecule has 23 heavy (non-hydrogen) atoms. The molecule has 134 valence electrons. The summed E-state index contributed by atoms with van der Waals surface area (Å²) in [4.78, 5) is 11.8. The van der Waals surface area contributed by atoms with E-state index in [0.717, 1.165) is 32.1 Å². The quantitative estimate of drug-likeness (QED) is 0.604. The lowest BCUT2D eigenvalue weighted by Gasteiger charge is -2.40. The standard InChI is InChI=1S/C18H34O4Si/c1-14-10-8-7-9-11-16(15(19)12-13-17(20)21-14)22-23(5,6)18(2,3)4/h12-16,19H,7-11H2,1-6H3/b13-12-/t14-,15-,16+/m0/s1. The summed E-state index contributed by atoms with van der Waals surface area (Å²) < 4.78 is 11.7. The first-order valence-corrected chi connectivity index (χ1v) is 11.7. The molecule has 1 rings (SSSR count). The number of rotatable bonds is 2. The third-order valence-corrected chi connectivity index (χ3v) is 9.48. The molecule has 5 heteroatoms. The van der Waals surface area contributed by atoms with Gasteiger partial charge in [0.1, 0.15) is 0 Å². The van der Waals surface area contributed by atoms with Crippen molar-refractivity contribution in [2.75, 3.05) is 0 Å². The van der Waals surface area contributed by atoms with Crippen LogP contribution in [0, 0.1) is 0 Å². The lowest BCUT2D eigenvalue weighted by molar-refractivity contribution is -0.142. The van der Waals surface area contributed by atoms with Gasteiger partial charge in [0.2, 0.25) is 0 Å². The number of carbonyl (C=O) groups is 1. The Bertz CT molecular complexity index is 412. The SMILES string of the molecule is C[C@H]1CCCCC[C@@H](O[Si](C)(C)C(C)(C)C)[C@@H](O)/C=C\C(=O)O1. The van der Waals surface area contributed by atoms with Gasteiger partial charge in [-0.15, -0.1) is 0 Å². The van der Waals surface area contributed by atoms with Crippen LogP contribution in [-0.4, -0.2) is 37.7 Å². The Labute approximate surface area is 142 Å². The zero-order valence-electron chi connectivity index (χ0n) is 15.6. The highest BCUT2D eigenvalue weighted by molar-refractivity contribution is 6.74. The second-order valence-corrected chi connectivity index (χ2v) is 12.9. The van der Waals surface area contributed by atoms with E-state index in [9.17, 15) is 9.90 Å². The molecule has 0 spiro atoms. The number of hydrogen-bond donors (Lipinski definition) is 1. The fraction of sp³-hybridized carbons (Fsp3) is 0.833. The summed E-state index contributed by atoms with van der Waals surface area (Å²) in [5.74, 6) is -0.386. The van der Waals surface area contributed by atoms with Gasteiger partial charge in [-0.3, -0.25) is 0 Å². The van der Waals surface area contributed by atoms with Gasteiger partial charge in [0.25, 0.3) is 0 Å². The van der Waals surface area contributed by atoms with E-state index in [1.165, 1.54) is 12.2 Å². The van der Waals surface area contributed by atoms with Crippen molar-refractivity contribution in [1.29, 1.82) is 0 Å². The smallest absolute Gasteiger partial charge is 0.330 e. The number of aliphatic hydroxyl groups is 1. The molecule has 0 bridgehead atoms. The summed E-state index contributed by atoms with van der Waals surface area (Å²) in [5, 5.41) is 10.6. The molecule has 0 aliphatic carbocycles. The van der Waals surface area contributed by atoms with E-state index in [-0.39, 0.29) is 23.2 Å². The number of esters is 1. The number of carbonyl (C=O) groups excluding carboxylic acids is 1.